The number of hydrogen-bond acceptors (Lipinski definition) is 2. The summed E-state index contributed by atoms with van der Waals surface area (Å²) in [7, 11) is 1.98. The van der Waals surface area contributed by atoms with Gasteiger partial charge >= 0.3 is 0 Å². The minimum atomic E-state index is 0.910. The number of likely N-dealkylation sites (N-methyl/N-ethyl adjacent to an activating group) is 1. The average molecular weight is 182 g/mol. The van der Waals surface area contributed by atoms with Gasteiger partial charge in [0.15, 0.2) is 0 Å². The third-order valence-electron chi connectivity index (χ3n) is 2.78. The molecule has 0 amide bonds. The smallest absolute Gasteiger partial charge is 0.0131 e. The number of nitrogens with zero attached hydrogens (tertiary/aromatic N) is 1. The predicted molar refractivity (Wildman–Crippen MR) is 57.9 cm³/mol. The van der Waals surface area contributed by atoms with Crippen molar-refractivity contribution in [3.05, 3.63) is 12.2 Å². The van der Waals surface area contributed by atoms with Crippen LogP contribution in [0.25, 0.3) is 0 Å². The van der Waals surface area contributed by atoms with Gasteiger partial charge in [0.2, 0.25) is 0 Å². The third kappa shape index (κ3) is 3.92. The van der Waals surface area contributed by atoms with Crippen LogP contribution in [0.2, 0.25) is 0 Å². The van der Waals surface area contributed by atoms with Crippen molar-refractivity contribution >= 4 is 0 Å². The van der Waals surface area contributed by atoms with E-state index in [9.17, 15) is 0 Å². The number of allylic oxidation sites excluding steroid dienone is 1. The Bertz CT molecular complexity index is 154. The van der Waals surface area contributed by atoms with Crippen LogP contribution < -0.4 is 5.32 Å². The van der Waals surface area contributed by atoms with E-state index in [1.807, 2.05) is 7.05 Å². The average Bonchev–Trinajstić information content (AvgIpc) is 2.60. The minimum absolute atomic E-state index is 0.910. The Labute approximate surface area is 82.0 Å². The highest BCUT2D eigenvalue weighted by atomic mass is 15.1. The van der Waals surface area contributed by atoms with Crippen LogP contribution in [0, 0.1) is 5.92 Å². The third-order valence-corrected chi connectivity index (χ3v) is 2.78. The first-order valence-corrected chi connectivity index (χ1v) is 5.38. The summed E-state index contributed by atoms with van der Waals surface area (Å²) in [6.45, 7) is 7.08. The van der Waals surface area contributed by atoms with E-state index >= 15 is 0 Å². The molecule has 0 aromatic carbocycles. The Balaban J connectivity index is 2.10. The second-order valence-corrected chi connectivity index (χ2v) is 3.81. The van der Waals surface area contributed by atoms with Crippen LogP contribution >= 0.6 is 0 Å². The molecule has 2 nitrogen and oxygen atoms in total. The maximum Gasteiger partial charge on any atom is 0.0131 e. The maximum absolute atomic E-state index is 3.12. The summed E-state index contributed by atoms with van der Waals surface area (Å²) in [5, 5.41) is 3.12. The largest absolute Gasteiger partial charge is 0.316 e. The second kappa shape index (κ2) is 6.17. The lowest BCUT2D eigenvalue weighted by molar-refractivity contribution is 0.342. The van der Waals surface area contributed by atoms with E-state index in [1.54, 1.807) is 0 Å². The fourth-order valence-corrected chi connectivity index (χ4v) is 1.88. The molecule has 1 aliphatic rings. The lowest BCUT2D eigenvalue weighted by Gasteiger charge is -2.11. The van der Waals surface area contributed by atoms with Crippen LogP contribution in [0.5, 0.6) is 0 Å². The molecule has 1 fully saturated rings. The molecule has 0 saturated carbocycles. The van der Waals surface area contributed by atoms with E-state index in [0.717, 1.165) is 12.5 Å². The molecule has 0 bridgehead atoms. The van der Waals surface area contributed by atoms with E-state index in [4.69, 9.17) is 0 Å². The topological polar surface area (TPSA) is 15.3 Å². The van der Waals surface area contributed by atoms with Crippen LogP contribution in [0.1, 0.15) is 19.8 Å². The van der Waals surface area contributed by atoms with Crippen molar-refractivity contribution in [1.29, 1.82) is 0 Å². The first-order chi connectivity index (χ1) is 6.36. The van der Waals surface area contributed by atoms with Crippen LogP contribution in [0.15, 0.2) is 12.2 Å². The summed E-state index contributed by atoms with van der Waals surface area (Å²) < 4.78 is 0. The van der Waals surface area contributed by atoms with Gasteiger partial charge in [-0.3, -0.25) is 0 Å². The molecule has 1 heterocycles. The summed E-state index contributed by atoms with van der Waals surface area (Å²) in [6, 6.07) is 0. The highest BCUT2D eigenvalue weighted by molar-refractivity contribution is 4.88. The minimum Gasteiger partial charge on any atom is -0.316 e. The van der Waals surface area contributed by atoms with Crippen LogP contribution in [-0.2, 0) is 0 Å². The normalized spacial score (nSPS) is 24.6. The first kappa shape index (κ1) is 10.7. The van der Waals surface area contributed by atoms with E-state index < -0.39 is 0 Å². The van der Waals surface area contributed by atoms with Gasteiger partial charge in [0.05, 0.1) is 0 Å². The van der Waals surface area contributed by atoms with Crippen LogP contribution in [0.3, 0.4) is 0 Å². The van der Waals surface area contributed by atoms with Gasteiger partial charge in [-0.05, 0) is 38.9 Å². The monoisotopic (exact) mass is 182 g/mol. The maximum atomic E-state index is 3.12. The zero-order valence-corrected chi connectivity index (χ0v) is 8.92. The molecular formula is C11H22N2. The summed E-state index contributed by atoms with van der Waals surface area (Å²) >= 11 is 0. The molecule has 0 aliphatic carbocycles. The summed E-state index contributed by atoms with van der Waals surface area (Å²) in [4.78, 5) is 2.54. The zero-order valence-electron chi connectivity index (χ0n) is 8.92. The van der Waals surface area contributed by atoms with Crippen molar-refractivity contribution in [1.82, 2.24) is 10.2 Å². The van der Waals surface area contributed by atoms with Crippen molar-refractivity contribution < 1.29 is 0 Å². The lowest BCUT2D eigenvalue weighted by Crippen LogP contribution is -2.19. The quantitative estimate of drug-likeness (QED) is 0.648. The Morgan fingerprint density at radius 1 is 1.46 bits per heavy atom. The molecule has 1 N–H and O–H groups in total. The van der Waals surface area contributed by atoms with E-state index in [-0.39, 0.29) is 0 Å². The van der Waals surface area contributed by atoms with Gasteiger partial charge in [-0.25, -0.2) is 0 Å². The fourth-order valence-electron chi connectivity index (χ4n) is 1.88. The number of nitrogens with one attached hydrogen (secondary N) is 1. The molecule has 1 atom stereocenters. The van der Waals surface area contributed by atoms with Gasteiger partial charge in [-0.2, -0.15) is 0 Å². The number of likely N-dealkylation sites (tertiary alicyclic amines) is 1. The van der Waals surface area contributed by atoms with Crippen LogP contribution in [-0.4, -0.2) is 38.1 Å². The van der Waals surface area contributed by atoms with Crippen molar-refractivity contribution in [3.63, 3.8) is 0 Å². The van der Waals surface area contributed by atoms with Crippen LogP contribution in [0.4, 0.5) is 0 Å². The van der Waals surface area contributed by atoms with Crippen molar-refractivity contribution in [2.24, 2.45) is 5.92 Å². The molecule has 1 saturated heterocycles. The number of rotatable bonds is 5. The standard InChI is InChI=1S/C11H22N2/c1-3-13-9-7-11(10-13)6-4-5-8-12-2/h4-5,11-12H,3,6-10H2,1-2H3/b5-4-. The highest BCUT2D eigenvalue weighted by Gasteiger charge is 2.19. The van der Waals surface area contributed by atoms with E-state index in [2.05, 4.69) is 29.3 Å². The Morgan fingerprint density at radius 2 is 2.31 bits per heavy atom. The van der Waals surface area contributed by atoms with Gasteiger partial charge in [-0.1, -0.05) is 19.1 Å². The molecule has 2 heteroatoms. The van der Waals surface area contributed by atoms with Gasteiger partial charge in [0, 0.05) is 13.1 Å². The zero-order chi connectivity index (χ0) is 9.52. The van der Waals surface area contributed by atoms with Crippen molar-refractivity contribution in [2.45, 2.75) is 19.8 Å². The first-order valence-electron chi connectivity index (χ1n) is 5.38. The molecule has 1 unspecified atom stereocenters. The molecule has 0 aromatic heterocycles. The van der Waals surface area contributed by atoms with Gasteiger partial charge in [-0.15, -0.1) is 0 Å². The summed E-state index contributed by atoms with van der Waals surface area (Å²) in [5.74, 6) is 0.910. The van der Waals surface area contributed by atoms with E-state index in [0.29, 0.717) is 0 Å². The number of hydrogen-bond donors (Lipinski definition) is 1. The molecule has 0 aromatic rings. The Hall–Kier alpha value is -0.340. The Morgan fingerprint density at radius 3 is 2.92 bits per heavy atom. The lowest BCUT2D eigenvalue weighted by atomic mass is 10.1. The summed E-state index contributed by atoms with van der Waals surface area (Å²) in [6.07, 6.45) is 7.20. The highest BCUT2D eigenvalue weighted by Crippen LogP contribution is 2.19. The second-order valence-electron chi connectivity index (χ2n) is 3.81. The van der Waals surface area contributed by atoms with Gasteiger partial charge in [0.25, 0.3) is 0 Å². The summed E-state index contributed by atoms with van der Waals surface area (Å²) in [5.41, 5.74) is 0. The van der Waals surface area contributed by atoms with E-state index in [1.165, 1.54) is 32.5 Å². The van der Waals surface area contributed by atoms with Gasteiger partial charge in [0.1, 0.15) is 0 Å². The molecule has 1 rings (SSSR count). The molecule has 13 heavy (non-hydrogen) atoms. The predicted octanol–water partition coefficient (Wildman–Crippen LogP) is 1.49. The molecule has 0 radical (unpaired) electrons. The molecular weight excluding hydrogens is 160 g/mol. The molecule has 76 valence electrons. The van der Waals surface area contributed by atoms with Crippen molar-refractivity contribution in [2.75, 3.05) is 33.2 Å². The molecule has 0 spiro atoms. The molecule has 1 aliphatic heterocycles. The fraction of sp³-hybridized carbons (Fsp3) is 0.818. The van der Waals surface area contributed by atoms with Gasteiger partial charge < -0.3 is 10.2 Å². The Kier molecular flexibility index (Phi) is 5.09. The SMILES string of the molecule is CCN1CCC(C/C=C\CNC)C1. The van der Waals surface area contributed by atoms with Crippen molar-refractivity contribution in [3.8, 4) is 0 Å².